The number of amides is 1. The average Bonchev–Trinajstić information content (AvgIpc) is 2.73. The normalized spacial score (nSPS) is 16.7. The molecule has 1 unspecified atom stereocenters. The highest BCUT2D eigenvalue weighted by Crippen LogP contribution is 2.28. The fourth-order valence-corrected chi connectivity index (χ4v) is 3.79. The zero-order valence-corrected chi connectivity index (χ0v) is 16.1. The molecule has 3 aromatic rings. The highest BCUT2D eigenvalue weighted by molar-refractivity contribution is 5.94. The summed E-state index contributed by atoms with van der Waals surface area (Å²) in [4.78, 5) is 23.5. The van der Waals surface area contributed by atoms with Gasteiger partial charge in [-0.1, -0.05) is 23.8 Å². The number of carbonyl (C=O) groups is 1. The number of rotatable bonds is 3. The van der Waals surface area contributed by atoms with E-state index in [0.29, 0.717) is 18.9 Å². The first-order valence-corrected chi connectivity index (χ1v) is 9.65. The van der Waals surface area contributed by atoms with Gasteiger partial charge in [-0.2, -0.15) is 0 Å². The van der Waals surface area contributed by atoms with E-state index in [1.54, 1.807) is 11.1 Å². The molecule has 0 aliphatic carbocycles. The van der Waals surface area contributed by atoms with Crippen molar-refractivity contribution in [3.05, 3.63) is 83.2 Å². The Labute approximate surface area is 168 Å². The summed E-state index contributed by atoms with van der Waals surface area (Å²) < 4.78 is 27.0. The van der Waals surface area contributed by atoms with Gasteiger partial charge in [0, 0.05) is 48.1 Å². The van der Waals surface area contributed by atoms with Gasteiger partial charge in [-0.25, -0.2) is 18.7 Å². The number of hydrogen-bond acceptors (Lipinski definition) is 3. The van der Waals surface area contributed by atoms with E-state index in [1.807, 2.05) is 37.3 Å². The molecular formula is C23H21F2N3O. The molecule has 1 saturated heterocycles. The smallest absolute Gasteiger partial charge is 0.254 e. The minimum absolute atomic E-state index is 0.0336. The summed E-state index contributed by atoms with van der Waals surface area (Å²) in [5.41, 5.74) is 2.99. The number of benzene rings is 2. The van der Waals surface area contributed by atoms with Crippen LogP contribution in [0.25, 0.3) is 11.4 Å². The maximum atomic E-state index is 13.5. The van der Waals surface area contributed by atoms with Crippen molar-refractivity contribution in [2.75, 3.05) is 13.1 Å². The summed E-state index contributed by atoms with van der Waals surface area (Å²) in [5.74, 6) is -1.15. The second-order valence-corrected chi connectivity index (χ2v) is 7.42. The average molecular weight is 393 g/mol. The molecular weight excluding hydrogens is 372 g/mol. The number of carbonyl (C=O) groups excluding carboxylic acids is 1. The molecule has 2 aromatic carbocycles. The molecule has 1 aliphatic rings. The summed E-state index contributed by atoms with van der Waals surface area (Å²) >= 11 is 0. The Kier molecular flexibility index (Phi) is 5.34. The summed E-state index contributed by atoms with van der Waals surface area (Å²) in [6.07, 6.45) is 3.44. The molecule has 0 bridgehead atoms. The maximum Gasteiger partial charge on any atom is 0.254 e. The van der Waals surface area contributed by atoms with Gasteiger partial charge in [0.25, 0.3) is 5.91 Å². The summed E-state index contributed by atoms with van der Waals surface area (Å²) in [5, 5.41) is 0. The molecule has 0 spiro atoms. The predicted molar refractivity (Wildman–Crippen MR) is 106 cm³/mol. The van der Waals surface area contributed by atoms with Crippen LogP contribution in [-0.4, -0.2) is 33.9 Å². The molecule has 29 heavy (non-hydrogen) atoms. The van der Waals surface area contributed by atoms with E-state index < -0.39 is 11.6 Å². The largest absolute Gasteiger partial charge is 0.338 e. The van der Waals surface area contributed by atoms with Crippen molar-refractivity contribution in [1.29, 1.82) is 0 Å². The molecule has 0 radical (unpaired) electrons. The zero-order valence-electron chi connectivity index (χ0n) is 16.1. The Morgan fingerprint density at radius 3 is 2.66 bits per heavy atom. The van der Waals surface area contributed by atoms with Crippen LogP contribution in [0.1, 0.15) is 40.4 Å². The van der Waals surface area contributed by atoms with Gasteiger partial charge in [-0.3, -0.25) is 4.79 Å². The molecule has 4 nitrogen and oxygen atoms in total. The first-order chi connectivity index (χ1) is 14.0. The first-order valence-electron chi connectivity index (χ1n) is 9.65. The van der Waals surface area contributed by atoms with Gasteiger partial charge in [0.05, 0.1) is 0 Å². The van der Waals surface area contributed by atoms with Crippen LogP contribution in [0.2, 0.25) is 0 Å². The number of hydrogen-bond donors (Lipinski definition) is 0. The zero-order chi connectivity index (χ0) is 20.4. The predicted octanol–water partition coefficient (Wildman–Crippen LogP) is 4.75. The number of halogens is 2. The monoisotopic (exact) mass is 393 g/mol. The van der Waals surface area contributed by atoms with E-state index in [2.05, 4.69) is 4.98 Å². The summed E-state index contributed by atoms with van der Waals surface area (Å²) in [6.45, 7) is 3.04. The Morgan fingerprint density at radius 1 is 1.10 bits per heavy atom. The van der Waals surface area contributed by atoms with Gasteiger partial charge in [0.2, 0.25) is 0 Å². The first kappa shape index (κ1) is 19.2. The van der Waals surface area contributed by atoms with Crippen molar-refractivity contribution in [3.63, 3.8) is 0 Å². The van der Waals surface area contributed by atoms with Gasteiger partial charge < -0.3 is 4.90 Å². The van der Waals surface area contributed by atoms with E-state index in [4.69, 9.17) is 4.98 Å². The third-order valence-electron chi connectivity index (χ3n) is 5.19. The lowest BCUT2D eigenvalue weighted by atomic mass is 9.94. The molecule has 1 atom stereocenters. The Morgan fingerprint density at radius 2 is 1.90 bits per heavy atom. The standard InChI is InChI=1S/C23H21F2N3O/c1-15-4-2-5-16(10-15)22-26-8-7-21(27-22)17-6-3-9-28(14-17)23(29)18-11-19(24)13-20(25)12-18/h2,4-5,7-8,10-13,17H,3,6,9,14H2,1H3. The van der Waals surface area contributed by atoms with Crippen LogP contribution < -0.4 is 0 Å². The third-order valence-corrected chi connectivity index (χ3v) is 5.19. The van der Waals surface area contributed by atoms with Crippen molar-refractivity contribution >= 4 is 5.91 Å². The molecule has 1 amide bonds. The van der Waals surface area contributed by atoms with Crippen LogP contribution in [0.3, 0.4) is 0 Å². The van der Waals surface area contributed by atoms with Crippen LogP contribution >= 0.6 is 0 Å². The van der Waals surface area contributed by atoms with Crippen LogP contribution in [-0.2, 0) is 0 Å². The topological polar surface area (TPSA) is 46.1 Å². The van der Waals surface area contributed by atoms with Crippen molar-refractivity contribution in [3.8, 4) is 11.4 Å². The van der Waals surface area contributed by atoms with E-state index in [-0.39, 0.29) is 17.4 Å². The van der Waals surface area contributed by atoms with E-state index >= 15 is 0 Å². The lowest BCUT2D eigenvalue weighted by Gasteiger charge is -2.32. The van der Waals surface area contributed by atoms with Gasteiger partial charge >= 0.3 is 0 Å². The SMILES string of the molecule is Cc1cccc(-c2nccc(C3CCCN(C(=O)c4cc(F)cc(F)c4)C3)n2)c1. The summed E-state index contributed by atoms with van der Waals surface area (Å²) in [7, 11) is 0. The van der Waals surface area contributed by atoms with Crippen molar-refractivity contribution in [1.82, 2.24) is 14.9 Å². The van der Waals surface area contributed by atoms with Gasteiger partial charge in [0.15, 0.2) is 5.82 Å². The summed E-state index contributed by atoms with van der Waals surface area (Å²) in [6, 6.07) is 12.8. The quantitative estimate of drug-likeness (QED) is 0.645. The van der Waals surface area contributed by atoms with Gasteiger partial charge in [-0.15, -0.1) is 0 Å². The lowest BCUT2D eigenvalue weighted by Crippen LogP contribution is -2.39. The number of piperidine rings is 1. The molecule has 0 saturated carbocycles. The Balaban J connectivity index is 1.55. The fourth-order valence-electron chi connectivity index (χ4n) is 3.79. The molecule has 148 valence electrons. The maximum absolute atomic E-state index is 13.5. The highest BCUT2D eigenvalue weighted by Gasteiger charge is 2.27. The molecule has 1 aliphatic heterocycles. The van der Waals surface area contributed by atoms with Crippen LogP contribution in [0.15, 0.2) is 54.7 Å². The molecule has 1 aromatic heterocycles. The molecule has 1 fully saturated rings. The van der Waals surface area contributed by atoms with E-state index in [9.17, 15) is 13.6 Å². The van der Waals surface area contributed by atoms with Gasteiger partial charge in [0.1, 0.15) is 11.6 Å². The second kappa shape index (κ2) is 8.07. The van der Waals surface area contributed by atoms with E-state index in [0.717, 1.165) is 47.9 Å². The second-order valence-electron chi connectivity index (χ2n) is 7.42. The van der Waals surface area contributed by atoms with Crippen LogP contribution in [0.5, 0.6) is 0 Å². The third kappa shape index (κ3) is 4.31. The minimum atomic E-state index is -0.750. The number of aromatic nitrogens is 2. The number of nitrogens with zero attached hydrogens (tertiary/aromatic N) is 3. The molecule has 0 N–H and O–H groups in total. The fraction of sp³-hybridized carbons (Fsp3) is 0.261. The molecule has 4 rings (SSSR count). The minimum Gasteiger partial charge on any atom is -0.338 e. The molecule has 2 heterocycles. The number of aryl methyl sites for hydroxylation is 1. The van der Waals surface area contributed by atoms with E-state index in [1.165, 1.54) is 0 Å². The Hall–Kier alpha value is -3.15. The van der Waals surface area contributed by atoms with Crippen molar-refractivity contribution in [2.24, 2.45) is 0 Å². The molecule has 6 heteroatoms. The van der Waals surface area contributed by atoms with Crippen LogP contribution in [0, 0.1) is 18.6 Å². The Bertz CT molecular complexity index is 1030. The number of likely N-dealkylation sites (tertiary alicyclic amines) is 1. The van der Waals surface area contributed by atoms with Gasteiger partial charge in [-0.05, 0) is 44.0 Å². The van der Waals surface area contributed by atoms with Crippen LogP contribution in [0.4, 0.5) is 8.78 Å². The van der Waals surface area contributed by atoms with Crippen molar-refractivity contribution < 1.29 is 13.6 Å². The lowest BCUT2D eigenvalue weighted by molar-refractivity contribution is 0.0705. The van der Waals surface area contributed by atoms with Crippen molar-refractivity contribution in [2.45, 2.75) is 25.7 Å². The highest BCUT2D eigenvalue weighted by atomic mass is 19.1.